The molecule has 0 unspecified atom stereocenters. The highest BCUT2D eigenvalue weighted by atomic mass is 35.5. The van der Waals surface area contributed by atoms with Gasteiger partial charge >= 0.3 is 16.2 Å². The van der Waals surface area contributed by atoms with Crippen molar-refractivity contribution in [2.75, 3.05) is 12.3 Å². The summed E-state index contributed by atoms with van der Waals surface area (Å²) in [6, 6.07) is 7.55. The number of unbranched alkanes of at least 4 members (excludes halogenated alkanes) is 1. The molecule has 0 saturated carbocycles. The summed E-state index contributed by atoms with van der Waals surface area (Å²) in [5.41, 5.74) is 2.36. The van der Waals surface area contributed by atoms with Gasteiger partial charge < -0.3 is 14.1 Å². The standard InChI is InChI=1S/C20H25ClN4O4S/c1-4-5-10-22-20(26)29-30(27,28)12-9-17-14(2)23-24(3)19(17)25-11-8-15-6-7-16(21)13-18(15)25/h6-8,11,13H,4-5,9-10,12H2,1-3H3,(H,22,26). The molecule has 0 bridgehead atoms. The van der Waals surface area contributed by atoms with Crippen molar-refractivity contribution >= 4 is 38.7 Å². The van der Waals surface area contributed by atoms with E-state index in [-0.39, 0.29) is 12.2 Å². The van der Waals surface area contributed by atoms with Gasteiger partial charge in [0.2, 0.25) is 0 Å². The fourth-order valence-corrected chi connectivity index (χ4v) is 4.34. The summed E-state index contributed by atoms with van der Waals surface area (Å²) in [7, 11) is -2.24. The normalized spacial score (nSPS) is 11.7. The molecule has 1 amide bonds. The Morgan fingerprint density at radius 2 is 2.07 bits per heavy atom. The van der Waals surface area contributed by atoms with Crippen LogP contribution in [0, 0.1) is 6.92 Å². The Bertz CT molecular complexity index is 1170. The number of fused-ring (bicyclic) bond motifs is 1. The van der Waals surface area contributed by atoms with E-state index in [0.717, 1.165) is 35.1 Å². The monoisotopic (exact) mass is 452 g/mol. The zero-order chi connectivity index (χ0) is 21.9. The third kappa shape index (κ3) is 4.96. The van der Waals surface area contributed by atoms with Crippen molar-refractivity contribution in [3.05, 3.63) is 46.7 Å². The van der Waals surface area contributed by atoms with Crippen LogP contribution in [0.3, 0.4) is 0 Å². The number of amides is 1. The number of aromatic nitrogens is 3. The lowest BCUT2D eigenvalue weighted by Gasteiger charge is -2.11. The summed E-state index contributed by atoms with van der Waals surface area (Å²) in [6.45, 7) is 4.17. The average Bonchev–Trinajstić information content (AvgIpc) is 3.19. The molecule has 0 aliphatic carbocycles. The predicted molar refractivity (Wildman–Crippen MR) is 117 cm³/mol. The maximum absolute atomic E-state index is 12.3. The van der Waals surface area contributed by atoms with Crippen LogP contribution < -0.4 is 5.32 Å². The van der Waals surface area contributed by atoms with Crippen LogP contribution in [0.25, 0.3) is 16.7 Å². The fraction of sp³-hybridized carbons (Fsp3) is 0.400. The molecule has 1 aromatic carbocycles. The minimum atomic E-state index is -4.04. The summed E-state index contributed by atoms with van der Waals surface area (Å²) in [4.78, 5) is 11.7. The summed E-state index contributed by atoms with van der Waals surface area (Å²) < 4.78 is 32.8. The number of halogens is 1. The first-order chi connectivity index (χ1) is 14.2. The van der Waals surface area contributed by atoms with E-state index in [0.29, 0.717) is 17.3 Å². The van der Waals surface area contributed by atoms with Crippen LogP contribution in [0.1, 0.15) is 31.0 Å². The van der Waals surface area contributed by atoms with Crippen LogP contribution in [0.2, 0.25) is 5.02 Å². The molecule has 3 rings (SSSR count). The number of hydrogen-bond donors (Lipinski definition) is 1. The van der Waals surface area contributed by atoms with Crippen molar-refractivity contribution in [3.63, 3.8) is 0 Å². The van der Waals surface area contributed by atoms with Gasteiger partial charge in [-0.1, -0.05) is 31.0 Å². The minimum absolute atomic E-state index is 0.153. The third-order valence-corrected chi connectivity index (χ3v) is 6.15. The summed E-state index contributed by atoms with van der Waals surface area (Å²) >= 11 is 6.17. The van der Waals surface area contributed by atoms with E-state index in [9.17, 15) is 13.2 Å². The van der Waals surface area contributed by atoms with Crippen LogP contribution in [0.15, 0.2) is 30.5 Å². The molecule has 1 N–H and O–H groups in total. The number of carbonyl (C=O) groups excluding carboxylic acids is 1. The number of carbonyl (C=O) groups is 1. The zero-order valence-electron chi connectivity index (χ0n) is 17.2. The molecule has 0 aliphatic heterocycles. The largest absolute Gasteiger partial charge is 0.422 e. The van der Waals surface area contributed by atoms with Gasteiger partial charge in [-0.15, -0.1) is 0 Å². The highest BCUT2D eigenvalue weighted by molar-refractivity contribution is 7.87. The molecule has 0 atom stereocenters. The first-order valence-corrected chi connectivity index (χ1v) is 11.7. The maximum atomic E-state index is 12.3. The van der Waals surface area contributed by atoms with Crippen LogP contribution in [-0.2, 0) is 27.8 Å². The van der Waals surface area contributed by atoms with Crippen LogP contribution in [0.5, 0.6) is 0 Å². The molecule has 0 fully saturated rings. The molecule has 0 aliphatic rings. The van der Waals surface area contributed by atoms with Crippen LogP contribution in [-0.4, -0.2) is 41.2 Å². The second kappa shape index (κ2) is 9.09. The van der Waals surface area contributed by atoms with Crippen molar-refractivity contribution in [2.24, 2.45) is 7.05 Å². The van der Waals surface area contributed by atoms with Crippen molar-refractivity contribution in [2.45, 2.75) is 33.1 Å². The van der Waals surface area contributed by atoms with Gasteiger partial charge in [0.1, 0.15) is 5.82 Å². The number of rotatable bonds is 8. The Morgan fingerprint density at radius 1 is 1.30 bits per heavy atom. The van der Waals surface area contributed by atoms with E-state index in [4.69, 9.17) is 11.6 Å². The van der Waals surface area contributed by atoms with Gasteiger partial charge in [-0.25, -0.2) is 4.79 Å². The Morgan fingerprint density at radius 3 is 2.80 bits per heavy atom. The van der Waals surface area contributed by atoms with E-state index in [2.05, 4.69) is 14.6 Å². The molecule has 0 spiro atoms. The average molecular weight is 453 g/mol. The van der Waals surface area contributed by atoms with Gasteiger partial charge in [0.15, 0.2) is 0 Å². The van der Waals surface area contributed by atoms with Gasteiger partial charge in [0.05, 0.1) is 17.0 Å². The van der Waals surface area contributed by atoms with Gasteiger partial charge in [0, 0.05) is 35.8 Å². The topological polar surface area (TPSA) is 95.2 Å². The van der Waals surface area contributed by atoms with E-state index in [1.54, 1.807) is 11.7 Å². The molecular weight excluding hydrogens is 428 g/mol. The maximum Gasteiger partial charge on any atom is 0.422 e. The smallest absolute Gasteiger partial charge is 0.328 e. The molecule has 162 valence electrons. The molecular formula is C20H25ClN4O4S. The van der Waals surface area contributed by atoms with Crippen molar-refractivity contribution in [3.8, 4) is 5.82 Å². The second-order valence-corrected chi connectivity index (χ2v) is 9.19. The van der Waals surface area contributed by atoms with Crippen molar-refractivity contribution in [1.29, 1.82) is 0 Å². The van der Waals surface area contributed by atoms with E-state index in [1.807, 2.05) is 48.9 Å². The Labute approximate surface area is 180 Å². The third-order valence-electron chi connectivity index (χ3n) is 4.80. The summed E-state index contributed by atoms with van der Waals surface area (Å²) in [6.07, 6.45) is 2.74. The lowest BCUT2D eigenvalue weighted by atomic mass is 10.2. The van der Waals surface area contributed by atoms with Crippen molar-refractivity contribution < 1.29 is 17.4 Å². The molecule has 0 radical (unpaired) electrons. The molecule has 30 heavy (non-hydrogen) atoms. The highest BCUT2D eigenvalue weighted by Crippen LogP contribution is 2.27. The number of nitrogens with zero attached hydrogens (tertiary/aromatic N) is 3. The van der Waals surface area contributed by atoms with E-state index in [1.165, 1.54) is 0 Å². The second-order valence-electron chi connectivity index (χ2n) is 7.06. The molecule has 3 aromatic rings. The predicted octanol–water partition coefficient (Wildman–Crippen LogP) is 3.72. The minimum Gasteiger partial charge on any atom is -0.328 e. The number of hydrogen-bond acceptors (Lipinski definition) is 5. The van der Waals surface area contributed by atoms with E-state index >= 15 is 0 Å². The number of nitrogens with one attached hydrogen (secondary N) is 1. The van der Waals surface area contributed by atoms with Crippen LogP contribution in [0.4, 0.5) is 4.79 Å². The number of aryl methyl sites for hydroxylation is 2. The first kappa shape index (κ1) is 22.2. The quantitative estimate of drug-likeness (QED) is 0.415. The van der Waals surface area contributed by atoms with E-state index < -0.39 is 16.2 Å². The summed E-state index contributed by atoms with van der Waals surface area (Å²) in [5, 5.41) is 8.50. The lowest BCUT2D eigenvalue weighted by Crippen LogP contribution is -2.29. The SMILES string of the molecule is CCCCNC(=O)OS(=O)(=O)CCc1c(C)nn(C)c1-n1ccc2ccc(Cl)cc21. The molecule has 10 heteroatoms. The van der Waals surface area contributed by atoms with Gasteiger partial charge in [-0.3, -0.25) is 4.68 Å². The molecule has 0 saturated heterocycles. The van der Waals surface area contributed by atoms with Gasteiger partial charge in [0.25, 0.3) is 0 Å². The molecule has 2 heterocycles. The number of benzene rings is 1. The Hall–Kier alpha value is -2.52. The molecule has 2 aromatic heterocycles. The summed E-state index contributed by atoms with van der Waals surface area (Å²) in [5.74, 6) is 0.403. The van der Waals surface area contributed by atoms with Crippen molar-refractivity contribution in [1.82, 2.24) is 19.7 Å². The first-order valence-electron chi connectivity index (χ1n) is 9.71. The highest BCUT2D eigenvalue weighted by Gasteiger charge is 2.22. The molecule has 8 nitrogen and oxygen atoms in total. The van der Waals surface area contributed by atoms with Gasteiger partial charge in [-0.2, -0.15) is 13.5 Å². The lowest BCUT2D eigenvalue weighted by molar-refractivity contribution is 0.202. The Balaban J connectivity index is 1.82. The van der Waals surface area contributed by atoms with Gasteiger partial charge in [-0.05, 0) is 38.0 Å². The fourth-order valence-electron chi connectivity index (χ4n) is 3.35. The Kier molecular flexibility index (Phi) is 6.72. The zero-order valence-corrected chi connectivity index (χ0v) is 18.8. The van der Waals surface area contributed by atoms with Crippen LogP contribution >= 0.6 is 11.6 Å².